The van der Waals surface area contributed by atoms with Gasteiger partial charge in [-0.15, -0.1) is 0 Å². The first-order chi connectivity index (χ1) is 14.5. The summed E-state index contributed by atoms with van der Waals surface area (Å²) in [5.41, 5.74) is 5.65. The van der Waals surface area contributed by atoms with Crippen LogP contribution in [0, 0.1) is 0 Å². The molecule has 3 rings (SSSR count). The van der Waals surface area contributed by atoms with Crippen molar-refractivity contribution < 1.29 is 14.3 Å². The molecule has 0 atom stereocenters. The van der Waals surface area contributed by atoms with E-state index in [1.165, 1.54) is 6.08 Å². The van der Waals surface area contributed by atoms with Crippen molar-refractivity contribution in [2.45, 2.75) is 0 Å². The van der Waals surface area contributed by atoms with Gasteiger partial charge in [-0.05, 0) is 47.4 Å². The molecule has 3 N–H and O–H groups in total. The van der Waals surface area contributed by atoms with Crippen molar-refractivity contribution in [1.29, 1.82) is 0 Å². The van der Waals surface area contributed by atoms with Gasteiger partial charge in [0.1, 0.15) is 5.75 Å². The molecule has 0 aromatic heterocycles. The lowest BCUT2D eigenvalue weighted by Gasteiger charge is -2.11. The molecule has 0 spiro atoms. The van der Waals surface area contributed by atoms with E-state index in [0.29, 0.717) is 10.8 Å². The Bertz CT molecular complexity index is 1090. The number of hydrogen-bond acceptors (Lipinski definition) is 4. The summed E-state index contributed by atoms with van der Waals surface area (Å²) in [6, 6.07) is 20.3. The monoisotopic (exact) mass is 439 g/mol. The molecule has 30 heavy (non-hydrogen) atoms. The summed E-state index contributed by atoms with van der Waals surface area (Å²) >= 11 is 10.8. The van der Waals surface area contributed by atoms with Crippen LogP contribution in [0.25, 0.3) is 16.8 Å². The highest BCUT2D eigenvalue weighted by Gasteiger charge is 2.07. The van der Waals surface area contributed by atoms with Crippen LogP contribution in [0.5, 0.6) is 5.75 Å². The molecule has 0 saturated carbocycles. The van der Waals surface area contributed by atoms with E-state index in [9.17, 15) is 9.59 Å². The Hall–Kier alpha value is -3.42. The van der Waals surface area contributed by atoms with Crippen molar-refractivity contribution in [3.8, 4) is 5.75 Å². The molecule has 0 fully saturated rings. The molecule has 6 nitrogen and oxygen atoms in total. The van der Waals surface area contributed by atoms with Gasteiger partial charge >= 0.3 is 0 Å². The van der Waals surface area contributed by atoms with Crippen LogP contribution in [0.2, 0.25) is 5.02 Å². The summed E-state index contributed by atoms with van der Waals surface area (Å²) < 4.78 is 5.59. The predicted octanol–water partition coefficient (Wildman–Crippen LogP) is 3.61. The number of hydrogen-bond donors (Lipinski definition) is 3. The van der Waals surface area contributed by atoms with E-state index in [1.54, 1.807) is 36.4 Å². The fraction of sp³-hybridized carbons (Fsp3) is 0.0455. The van der Waals surface area contributed by atoms with Crippen LogP contribution in [0.3, 0.4) is 0 Å². The minimum Gasteiger partial charge on any atom is -0.483 e. The molecule has 0 heterocycles. The van der Waals surface area contributed by atoms with Gasteiger partial charge in [0.25, 0.3) is 5.91 Å². The largest absolute Gasteiger partial charge is 0.483 e. The van der Waals surface area contributed by atoms with Crippen LogP contribution in [-0.4, -0.2) is 23.5 Å². The Morgan fingerprint density at radius 1 is 0.967 bits per heavy atom. The summed E-state index contributed by atoms with van der Waals surface area (Å²) in [7, 11) is 0. The van der Waals surface area contributed by atoms with Crippen LogP contribution >= 0.6 is 23.8 Å². The van der Waals surface area contributed by atoms with E-state index in [2.05, 4.69) is 16.2 Å². The summed E-state index contributed by atoms with van der Waals surface area (Å²) in [4.78, 5) is 23.9. The Balaban J connectivity index is 1.42. The molecule has 0 aliphatic heterocycles. The van der Waals surface area contributed by atoms with Crippen LogP contribution in [0.1, 0.15) is 5.56 Å². The Morgan fingerprint density at radius 3 is 2.50 bits per heavy atom. The van der Waals surface area contributed by atoms with E-state index < -0.39 is 11.8 Å². The first-order valence-corrected chi connectivity index (χ1v) is 9.74. The van der Waals surface area contributed by atoms with Crippen LogP contribution < -0.4 is 20.9 Å². The van der Waals surface area contributed by atoms with Crippen molar-refractivity contribution >= 4 is 57.6 Å². The summed E-state index contributed by atoms with van der Waals surface area (Å²) in [5, 5.41) is 4.93. The molecule has 2 amide bonds. The zero-order chi connectivity index (χ0) is 21.3. The van der Waals surface area contributed by atoms with Gasteiger partial charge in [0.2, 0.25) is 5.91 Å². The smallest absolute Gasteiger partial charge is 0.276 e. The maximum atomic E-state index is 12.0. The van der Waals surface area contributed by atoms with E-state index in [1.807, 2.05) is 36.4 Å². The lowest BCUT2D eigenvalue weighted by molar-refractivity contribution is -0.123. The highest BCUT2D eigenvalue weighted by molar-refractivity contribution is 7.80. The fourth-order valence-corrected chi connectivity index (χ4v) is 2.84. The number of halogens is 1. The zero-order valence-electron chi connectivity index (χ0n) is 15.7. The molecular weight excluding hydrogens is 422 g/mol. The van der Waals surface area contributed by atoms with Crippen molar-refractivity contribution in [2.24, 2.45) is 0 Å². The molecule has 0 radical (unpaired) electrons. The number of amides is 2. The van der Waals surface area contributed by atoms with E-state index in [-0.39, 0.29) is 11.7 Å². The molecule has 8 heteroatoms. The van der Waals surface area contributed by atoms with Crippen LogP contribution in [0.15, 0.2) is 72.8 Å². The van der Waals surface area contributed by atoms with Gasteiger partial charge < -0.3 is 4.74 Å². The topological polar surface area (TPSA) is 79.5 Å². The highest BCUT2D eigenvalue weighted by atomic mass is 35.5. The molecule has 0 unspecified atom stereocenters. The SMILES string of the molecule is O=C(/C=C/c1ccc(Cl)cc1)NC(=S)NNC(=O)COc1cccc2ccccc12. The van der Waals surface area contributed by atoms with Crippen molar-refractivity contribution in [3.05, 3.63) is 83.4 Å². The number of rotatable bonds is 5. The number of carbonyl (C=O) groups excluding carboxylic acids is 2. The summed E-state index contributed by atoms with van der Waals surface area (Å²) in [6.07, 6.45) is 2.94. The van der Waals surface area contributed by atoms with Crippen LogP contribution in [-0.2, 0) is 9.59 Å². The third kappa shape index (κ3) is 6.30. The second-order valence-corrected chi connectivity index (χ2v) is 6.99. The Morgan fingerprint density at radius 2 is 1.70 bits per heavy atom. The van der Waals surface area contributed by atoms with E-state index in [0.717, 1.165) is 16.3 Å². The number of ether oxygens (including phenoxy) is 1. The third-order valence-electron chi connectivity index (χ3n) is 3.96. The van der Waals surface area contributed by atoms with Crippen LogP contribution in [0.4, 0.5) is 0 Å². The maximum Gasteiger partial charge on any atom is 0.276 e. The predicted molar refractivity (Wildman–Crippen MR) is 122 cm³/mol. The van der Waals surface area contributed by atoms with Gasteiger partial charge in [-0.25, -0.2) is 0 Å². The van der Waals surface area contributed by atoms with E-state index in [4.69, 9.17) is 28.6 Å². The summed E-state index contributed by atoms with van der Waals surface area (Å²) in [5.74, 6) is -0.286. The van der Waals surface area contributed by atoms with E-state index >= 15 is 0 Å². The lowest BCUT2D eigenvalue weighted by atomic mass is 10.1. The quantitative estimate of drug-likeness (QED) is 0.321. The number of fused-ring (bicyclic) bond motifs is 1. The fourth-order valence-electron chi connectivity index (χ4n) is 2.56. The molecular formula is C22H18ClN3O3S. The minimum absolute atomic E-state index is 0.0423. The van der Waals surface area contributed by atoms with Gasteiger partial charge in [-0.1, -0.05) is 60.1 Å². The highest BCUT2D eigenvalue weighted by Crippen LogP contribution is 2.24. The standard InChI is InChI=1S/C22H18ClN3O3S/c23-17-11-8-15(9-12-17)10-13-20(27)24-22(30)26-25-21(28)14-29-19-7-3-5-16-4-1-2-6-18(16)19/h1-13H,14H2,(H,25,28)(H2,24,26,27,30)/b13-10+. The molecule has 0 bridgehead atoms. The molecule has 0 aliphatic rings. The van der Waals surface area contributed by atoms with Gasteiger partial charge in [0.15, 0.2) is 11.7 Å². The van der Waals surface area contributed by atoms with Gasteiger partial charge in [-0.3, -0.25) is 25.8 Å². The van der Waals surface area contributed by atoms with Crippen molar-refractivity contribution in [3.63, 3.8) is 0 Å². The Kier molecular flexibility index (Phi) is 7.37. The molecule has 152 valence electrons. The first-order valence-electron chi connectivity index (χ1n) is 8.95. The third-order valence-corrected chi connectivity index (χ3v) is 4.41. The maximum absolute atomic E-state index is 12.0. The number of thiocarbonyl (C=S) groups is 1. The van der Waals surface area contributed by atoms with Gasteiger partial charge in [0.05, 0.1) is 0 Å². The van der Waals surface area contributed by atoms with Gasteiger partial charge in [0, 0.05) is 16.5 Å². The molecule has 0 aliphatic carbocycles. The zero-order valence-corrected chi connectivity index (χ0v) is 17.3. The van der Waals surface area contributed by atoms with Crippen molar-refractivity contribution in [1.82, 2.24) is 16.2 Å². The second-order valence-electron chi connectivity index (χ2n) is 6.14. The lowest BCUT2D eigenvalue weighted by Crippen LogP contribution is -2.49. The van der Waals surface area contributed by atoms with Crippen molar-refractivity contribution in [2.75, 3.05) is 6.61 Å². The molecule has 3 aromatic rings. The number of nitrogens with one attached hydrogen (secondary N) is 3. The number of carbonyl (C=O) groups is 2. The first kappa shape index (κ1) is 21.3. The number of benzene rings is 3. The average Bonchev–Trinajstić information content (AvgIpc) is 2.76. The number of hydrazine groups is 1. The molecule has 0 saturated heterocycles. The molecule has 3 aromatic carbocycles. The second kappa shape index (κ2) is 10.4. The van der Waals surface area contributed by atoms with Gasteiger partial charge in [-0.2, -0.15) is 0 Å². The summed E-state index contributed by atoms with van der Waals surface area (Å²) in [6.45, 7) is -0.214. The Labute approximate surface area is 183 Å². The average molecular weight is 440 g/mol. The minimum atomic E-state index is -0.448. The normalized spacial score (nSPS) is 10.6.